The maximum absolute atomic E-state index is 15.1. The van der Waals surface area contributed by atoms with Gasteiger partial charge in [-0.25, -0.2) is 4.39 Å². The van der Waals surface area contributed by atoms with Crippen molar-refractivity contribution in [1.82, 2.24) is 4.90 Å². The number of fused-ring (bicyclic) bond motifs is 1. The Morgan fingerprint density at radius 3 is 2.47 bits per heavy atom. The van der Waals surface area contributed by atoms with E-state index >= 15 is 4.39 Å². The van der Waals surface area contributed by atoms with Crippen molar-refractivity contribution in [2.45, 2.75) is 78.1 Å². The van der Waals surface area contributed by atoms with Gasteiger partial charge in [-0.05, 0) is 70.6 Å². The summed E-state index contributed by atoms with van der Waals surface area (Å²) in [6, 6.07) is 2.66. The summed E-state index contributed by atoms with van der Waals surface area (Å²) >= 11 is 0. The number of ether oxygens (including phenoxy) is 1. The molecule has 3 heterocycles. The third-order valence-corrected chi connectivity index (χ3v) is 7.61. The number of rotatable bonds is 4. The topological polar surface area (TPSA) is 68.3 Å². The Labute approximate surface area is 213 Å². The zero-order chi connectivity index (χ0) is 26.3. The van der Waals surface area contributed by atoms with Crippen molar-refractivity contribution in [3.63, 3.8) is 0 Å². The molecular formula is C27H36BFN2O5. The summed E-state index contributed by atoms with van der Waals surface area (Å²) in [5, 5.41) is 0. The number of esters is 1. The lowest BCUT2D eigenvalue weighted by atomic mass is 9.75. The summed E-state index contributed by atoms with van der Waals surface area (Å²) in [5.41, 5.74) is 1.44. The normalized spacial score (nSPS) is 23.4. The average Bonchev–Trinajstić information content (AvgIpc) is 3.05. The molecule has 1 amide bonds. The molecule has 2 fully saturated rings. The van der Waals surface area contributed by atoms with Crippen molar-refractivity contribution < 1.29 is 28.0 Å². The number of piperazine rings is 1. The summed E-state index contributed by atoms with van der Waals surface area (Å²) < 4.78 is 32.9. The first-order valence-electron chi connectivity index (χ1n) is 12.7. The number of anilines is 1. The molecule has 4 rings (SSSR count). The Morgan fingerprint density at radius 1 is 1.11 bits per heavy atom. The molecule has 3 aliphatic heterocycles. The molecule has 2 saturated heterocycles. The van der Waals surface area contributed by atoms with E-state index in [0.717, 1.165) is 37.8 Å². The van der Waals surface area contributed by atoms with Crippen molar-refractivity contribution in [3.05, 3.63) is 47.4 Å². The van der Waals surface area contributed by atoms with Gasteiger partial charge in [-0.2, -0.15) is 0 Å². The van der Waals surface area contributed by atoms with Crippen LogP contribution in [0.15, 0.2) is 36.1 Å². The van der Waals surface area contributed by atoms with Gasteiger partial charge in [-0.1, -0.05) is 18.6 Å². The van der Waals surface area contributed by atoms with Crippen LogP contribution >= 0.6 is 0 Å². The minimum atomic E-state index is -0.879. The molecule has 0 radical (unpaired) electrons. The molecule has 9 heteroatoms. The fourth-order valence-electron chi connectivity index (χ4n) is 4.82. The molecule has 1 aromatic rings. The third-order valence-electron chi connectivity index (χ3n) is 7.61. The second kappa shape index (κ2) is 10.0. The molecule has 0 bridgehead atoms. The standard InChI is InChI=1S/C27H36BFN2O5/c1-18-10-8-7-9-11-30-12-13-31(25(33)24(30)14-18)23-16-20(29)15-22(21(23)17-34-19(2)32)28-35-26(3,4)27(5,6)36-28/h14-16H,1,7-13,17H2,2-6H3/b24-14-. The lowest BCUT2D eigenvalue weighted by Crippen LogP contribution is -2.50. The Bertz CT molecular complexity index is 1080. The number of hydrogen-bond donors (Lipinski definition) is 0. The molecule has 0 atom stereocenters. The Balaban J connectivity index is 1.78. The molecule has 0 aliphatic carbocycles. The second-order valence-electron chi connectivity index (χ2n) is 10.8. The predicted octanol–water partition coefficient (Wildman–Crippen LogP) is 3.85. The highest BCUT2D eigenvalue weighted by Gasteiger charge is 2.52. The van der Waals surface area contributed by atoms with E-state index < -0.39 is 30.1 Å². The molecule has 0 saturated carbocycles. The summed E-state index contributed by atoms with van der Waals surface area (Å²) in [4.78, 5) is 29.2. The summed E-state index contributed by atoms with van der Waals surface area (Å²) in [6.07, 6.45) is 5.83. The van der Waals surface area contributed by atoms with Gasteiger partial charge < -0.3 is 23.8 Å². The van der Waals surface area contributed by atoms with Crippen LogP contribution in [0.2, 0.25) is 0 Å². The minimum Gasteiger partial charge on any atom is -0.461 e. The van der Waals surface area contributed by atoms with Crippen LogP contribution in [0.5, 0.6) is 0 Å². The lowest BCUT2D eigenvalue weighted by Gasteiger charge is -2.38. The molecule has 3 aliphatic rings. The summed E-state index contributed by atoms with van der Waals surface area (Å²) in [6.45, 7) is 14.8. The first-order chi connectivity index (χ1) is 16.9. The van der Waals surface area contributed by atoms with Crippen molar-refractivity contribution in [2.24, 2.45) is 0 Å². The monoisotopic (exact) mass is 498 g/mol. The zero-order valence-corrected chi connectivity index (χ0v) is 22.0. The smallest absolute Gasteiger partial charge is 0.461 e. The van der Waals surface area contributed by atoms with Gasteiger partial charge in [0, 0.05) is 32.1 Å². The molecular weight excluding hydrogens is 462 g/mol. The largest absolute Gasteiger partial charge is 0.495 e. The number of amides is 1. The number of carbonyl (C=O) groups excluding carboxylic acids is 2. The van der Waals surface area contributed by atoms with Gasteiger partial charge in [0.05, 0.1) is 16.9 Å². The minimum absolute atomic E-state index is 0.135. The van der Waals surface area contributed by atoms with E-state index in [1.165, 1.54) is 19.1 Å². The number of benzene rings is 1. The van der Waals surface area contributed by atoms with Crippen LogP contribution in [0.4, 0.5) is 10.1 Å². The first-order valence-corrected chi connectivity index (χ1v) is 12.7. The van der Waals surface area contributed by atoms with Crippen LogP contribution in [0.25, 0.3) is 0 Å². The van der Waals surface area contributed by atoms with Crippen LogP contribution < -0.4 is 10.4 Å². The Hall–Kier alpha value is -2.65. The van der Waals surface area contributed by atoms with Crippen LogP contribution in [-0.4, -0.2) is 54.7 Å². The van der Waals surface area contributed by atoms with Crippen LogP contribution in [0.3, 0.4) is 0 Å². The highest BCUT2D eigenvalue weighted by atomic mass is 19.1. The quantitative estimate of drug-likeness (QED) is 0.464. The summed E-state index contributed by atoms with van der Waals surface area (Å²) in [7, 11) is -0.879. The van der Waals surface area contributed by atoms with E-state index in [2.05, 4.69) is 11.5 Å². The van der Waals surface area contributed by atoms with Crippen molar-refractivity contribution in [3.8, 4) is 0 Å². The number of allylic oxidation sites excluding steroid dienone is 2. The van der Waals surface area contributed by atoms with Crippen molar-refractivity contribution >= 4 is 30.1 Å². The highest BCUT2D eigenvalue weighted by Crippen LogP contribution is 2.38. The Morgan fingerprint density at radius 2 is 1.81 bits per heavy atom. The molecule has 0 spiro atoms. The number of nitrogens with zero attached hydrogens (tertiary/aromatic N) is 2. The fourth-order valence-corrected chi connectivity index (χ4v) is 4.82. The van der Waals surface area contributed by atoms with Gasteiger partial charge in [0.15, 0.2) is 0 Å². The van der Waals surface area contributed by atoms with E-state index in [4.69, 9.17) is 14.0 Å². The van der Waals surface area contributed by atoms with Crippen molar-refractivity contribution in [2.75, 3.05) is 24.5 Å². The number of halogens is 1. The summed E-state index contributed by atoms with van der Waals surface area (Å²) in [5.74, 6) is -1.22. The maximum Gasteiger partial charge on any atom is 0.495 e. The van der Waals surface area contributed by atoms with Gasteiger partial charge >= 0.3 is 13.1 Å². The zero-order valence-electron chi connectivity index (χ0n) is 22.0. The van der Waals surface area contributed by atoms with Crippen molar-refractivity contribution in [1.29, 1.82) is 0 Å². The van der Waals surface area contributed by atoms with E-state index in [1.54, 1.807) is 4.90 Å². The molecule has 36 heavy (non-hydrogen) atoms. The molecule has 0 unspecified atom stereocenters. The highest BCUT2D eigenvalue weighted by molar-refractivity contribution is 6.62. The average molecular weight is 498 g/mol. The van der Waals surface area contributed by atoms with E-state index in [-0.39, 0.29) is 12.5 Å². The molecule has 7 nitrogen and oxygen atoms in total. The van der Waals surface area contributed by atoms with Crippen LogP contribution in [-0.2, 0) is 30.2 Å². The van der Waals surface area contributed by atoms with Crippen LogP contribution in [0.1, 0.15) is 65.9 Å². The Kier molecular flexibility index (Phi) is 7.35. The second-order valence-corrected chi connectivity index (χ2v) is 10.8. The third kappa shape index (κ3) is 5.23. The molecule has 1 aromatic carbocycles. The van der Waals surface area contributed by atoms with E-state index in [1.807, 2.05) is 33.8 Å². The van der Waals surface area contributed by atoms with Crippen LogP contribution in [0, 0.1) is 5.82 Å². The lowest BCUT2D eigenvalue weighted by molar-refractivity contribution is -0.142. The first kappa shape index (κ1) is 26.4. The maximum atomic E-state index is 15.1. The van der Waals surface area contributed by atoms with Gasteiger partial charge in [0.25, 0.3) is 5.91 Å². The molecule has 0 N–H and O–H groups in total. The SMILES string of the molecule is C=C1/C=C2/C(=O)N(c3cc(F)cc(B4OC(C)(C)C(C)(C)O4)c3COC(C)=O)CCN2CCCCC1. The van der Waals surface area contributed by atoms with Gasteiger partial charge in [-0.15, -0.1) is 0 Å². The predicted molar refractivity (Wildman–Crippen MR) is 137 cm³/mol. The van der Waals surface area contributed by atoms with Gasteiger partial charge in [0.1, 0.15) is 18.1 Å². The van der Waals surface area contributed by atoms with E-state index in [0.29, 0.717) is 35.5 Å². The number of carbonyl (C=O) groups is 2. The molecule has 0 aromatic heterocycles. The van der Waals surface area contributed by atoms with E-state index in [9.17, 15) is 9.59 Å². The molecule has 194 valence electrons. The number of hydrogen-bond acceptors (Lipinski definition) is 6. The van der Waals surface area contributed by atoms with Gasteiger partial charge in [0.2, 0.25) is 0 Å². The fraction of sp³-hybridized carbons (Fsp3) is 0.556. The van der Waals surface area contributed by atoms with Gasteiger partial charge in [-0.3, -0.25) is 9.59 Å².